The molecule has 2 aromatic heterocycles. The number of carbonyl (C=O) groups excluding carboxylic acids is 2. The molecule has 4 fully saturated rings. The van der Waals surface area contributed by atoms with E-state index in [4.69, 9.17) is 9.97 Å². The van der Waals surface area contributed by atoms with Crippen molar-refractivity contribution in [1.29, 1.82) is 0 Å². The molecular weight excluding hydrogens is 735 g/mol. The van der Waals surface area contributed by atoms with Gasteiger partial charge in [0.1, 0.15) is 23.3 Å². The SMILES string of the molecule is O=C(NCc1ccccc1F)C1CC2CCC(C1)N2Cc1nc2ccccc2[nH]1.O=C(NCc1ccccc1F)C1CC2CCC(C1)N2Cc1nc2ccccc2[nH]1. The molecule has 2 amide bonds. The number of fused-ring (bicyclic) bond motifs is 6. The highest BCUT2D eigenvalue weighted by molar-refractivity contribution is 5.79. The lowest BCUT2D eigenvalue weighted by Gasteiger charge is -2.37. The summed E-state index contributed by atoms with van der Waals surface area (Å²) in [6.45, 7) is 2.10. The number of halogens is 2. The van der Waals surface area contributed by atoms with Crippen LogP contribution < -0.4 is 10.6 Å². The first-order valence-electron chi connectivity index (χ1n) is 20.8. The fourth-order valence-electron chi connectivity index (χ4n) is 9.94. The van der Waals surface area contributed by atoms with Crippen LogP contribution >= 0.6 is 0 Å². The molecule has 4 aliphatic rings. The number of hydrogen-bond acceptors (Lipinski definition) is 6. The van der Waals surface area contributed by atoms with E-state index in [-0.39, 0.29) is 48.4 Å². The van der Waals surface area contributed by atoms with Crippen LogP contribution in [-0.4, -0.2) is 65.7 Å². The van der Waals surface area contributed by atoms with E-state index in [1.165, 1.54) is 12.1 Å². The van der Waals surface area contributed by atoms with Crippen LogP contribution in [-0.2, 0) is 35.8 Å². The molecule has 4 saturated heterocycles. The lowest BCUT2D eigenvalue weighted by Crippen LogP contribution is -2.46. The molecule has 300 valence electrons. The zero-order valence-corrected chi connectivity index (χ0v) is 32.5. The minimum absolute atomic E-state index is 0.00574. The predicted octanol–water partition coefficient (Wildman–Crippen LogP) is 7.52. The normalized spacial score (nSPS) is 24.1. The van der Waals surface area contributed by atoms with Crippen molar-refractivity contribution in [2.24, 2.45) is 11.8 Å². The van der Waals surface area contributed by atoms with Gasteiger partial charge in [-0.1, -0.05) is 60.7 Å². The summed E-state index contributed by atoms with van der Waals surface area (Å²) in [6.07, 6.45) is 7.95. The molecular formula is C46H50F2N8O2. The van der Waals surface area contributed by atoms with Crippen molar-refractivity contribution in [3.63, 3.8) is 0 Å². The maximum absolute atomic E-state index is 13.8. The fraction of sp³-hybridized carbons (Fsp3) is 0.391. The molecule has 4 N–H and O–H groups in total. The molecule has 0 saturated carbocycles. The maximum Gasteiger partial charge on any atom is 0.223 e. The van der Waals surface area contributed by atoms with Crippen LogP contribution in [0, 0.1) is 23.5 Å². The van der Waals surface area contributed by atoms with Gasteiger partial charge in [-0.3, -0.25) is 19.4 Å². The maximum atomic E-state index is 13.8. The number of rotatable bonds is 10. The number of hydrogen-bond donors (Lipinski definition) is 4. The Bertz CT molecular complexity index is 2140. The van der Waals surface area contributed by atoms with Gasteiger partial charge in [-0.2, -0.15) is 0 Å². The van der Waals surface area contributed by atoms with Crippen molar-refractivity contribution in [3.8, 4) is 0 Å². The van der Waals surface area contributed by atoms with Crippen LogP contribution in [0.2, 0.25) is 0 Å². The fourth-order valence-corrected chi connectivity index (χ4v) is 9.94. The summed E-state index contributed by atoms with van der Waals surface area (Å²) in [7, 11) is 0. The van der Waals surface area contributed by atoms with Crippen LogP contribution in [0.25, 0.3) is 22.1 Å². The molecule has 10 nitrogen and oxygen atoms in total. The lowest BCUT2D eigenvalue weighted by molar-refractivity contribution is -0.128. The average Bonchev–Trinajstić information content (AvgIpc) is 3.96. The highest BCUT2D eigenvalue weighted by atomic mass is 19.1. The molecule has 0 spiro atoms. The standard InChI is InChI=1S/2C23H25FN4O/c2*24-19-6-2-1-5-15(19)13-25-23(29)16-11-17-9-10-18(12-16)28(17)14-22-26-20-7-3-4-8-21(20)27-22/h2*1-8,16-18H,9-14H2,(H,25,29)(H,26,27). The van der Waals surface area contributed by atoms with Gasteiger partial charge in [0, 0.05) is 60.2 Å². The van der Waals surface area contributed by atoms with Crippen molar-refractivity contribution in [2.45, 2.75) is 102 Å². The average molecular weight is 785 g/mol. The number of H-pyrrole nitrogens is 2. The van der Waals surface area contributed by atoms with Gasteiger partial charge in [-0.25, -0.2) is 18.7 Å². The summed E-state index contributed by atoms with van der Waals surface area (Å²) >= 11 is 0. The number of nitrogens with zero attached hydrogens (tertiary/aromatic N) is 4. The molecule has 0 aliphatic carbocycles. The molecule has 10 rings (SSSR count). The summed E-state index contributed by atoms with van der Waals surface area (Å²) in [5.41, 5.74) is 5.20. The van der Waals surface area contributed by atoms with E-state index in [2.05, 4.69) is 30.4 Å². The number of imidazole rings is 2. The lowest BCUT2D eigenvalue weighted by atomic mass is 9.90. The first-order chi connectivity index (χ1) is 28.3. The van der Waals surface area contributed by atoms with Crippen molar-refractivity contribution >= 4 is 33.9 Å². The van der Waals surface area contributed by atoms with Gasteiger partial charge in [-0.05, 0) is 87.8 Å². The largest absolute Gasteiger partial charge is 0.352 e. The third kappa shape index (κ3) is 8.26. The van der Waals surface area contributed by atoms with Crippen molar-refractivity contribution in [3.05, 3.63) is 131 Å². The van der Waals surface area contributed by atoms with Crippen LogP contribution in [0.3, 0.4) is 0 Å². The van der Waals surface area contributed by atoms with E-state index < -0.39 is 0 Å². The van der Waals surface area contributed by atoms with Crippen LogP contribution in [0.5, 0.6) is 0 Å². The van der Waals surface area contributed by atoms with Gasteiger partial charge < -0.3 is 20.6 Å². The van der Waals surface area contributed by atoms with Crippen molar-refractivity contribution < 1.29 is 18.4 Å². The van der Waals surface area contributed by atoms with Gasteiger partial charge in [0.05, 0.1) is 35.2 Å². The Balaban J connectivity index is 0.000000150. The molecule has 4 unspecified atom stereocenters. The van der Waals surface area contributed by atoms with Crippen LogP contribution in [0.15, 0.2) is 97.1 Å². The Morgan fingerprint density at radius 3 is 1.29 bits per heavy atom. The van der Waals surface area contributed by atoms with Gasteiger partial charge in [0.2, 0.25) is 11.8 Å². The van der Waals surface area contributed by atoms with E-state index in [0.717, 1.165) is 98.2 Å². The minimum Gasteiger partial charge on any atom is -0.352 e. The Kier molecular flexibility index (Phi) is 11.0. The zero-order chi connectivity index (χ0) is 39.6. The second-order valence-electron chi connectivity index (χ2n) is 16.5. The molecule has 4 bridgehead atoms. The zero-order valence-electron chi connectivity index (χ0n) is 32.5. The molecule has 6 aromatic rings. The number of amides is 2. The van der Waals surface area contributed by atoms with E-state index in [1.807, 2.05) is 48.5 Å². The summed E-state index contributed by atoms with van der Waals surface area (Å²) in [4.78, 5) is 46.7. The van der Waals surface area contributed by atoms with Crippen molar-refractivity contribution in [2.75, 3.05) is 0 Å². The molecule has 6 heterocycles. The third-order valence-electron chi connectivity index (χ3n) is 12.9. The van der Waals surface area contributed by atoms with Gasteiger partial charge in [0.25, 0.3) is 0 Å². The van der Waals surface area contributed by atoms with Gasteiger partial charge in [0.15, 0.2) is 0 Å². The van der Waals surface area contributed by atoms with E-state index in [0.29, 0.717) is 35.3 Å². The summed E-state index contributed by atoms with van der Waals surface area (Å²) in [5.74, 6) is 1.55. The number of aromatic amines is 2. The molecule has 0 radical (unpaired) electrons. The Hall–Kier alpha value is -5.46. The number of nitrogens with one attached hydrogen (secondary N) is 4. The summed E-state index contributed by atoms with van der Waals surface area (Å²) in [5, 5.41) is 5.89. The van der Waals surface area contributed by atoms with E-state index in [9.17, 15) is 18.4 Å². The second kappa shape index (κ2) is 16.8. The van der Waals surface area contributed by atoms with E-state index in [1.54, 1.807) is 36.4 Å². The monoisotopic (exact) mass is 784 g/mol. The summed E-state index contributed by atoms with van der Waals surface area (Å²) in [6, 6.07) is 31.0. The Morgan fingerprint density at radius 2 is 0.914 bits per heavy atom. The summed E-state index contributed by atoms with van der Waals surface area (Å²) < 4.78 is 27.6. The van der Waals surface area contributed by atoms with Crippen molar-refractivity contribution in [1.82, 2.24) is 40.4 Å². The highest BCUT2D eigenvalue weighted by Gasteiger charge is 2.44. The molecule has 4 aliphatic heterocycles. The molecule has 12 heteroatoms. The molecule has 4 atom stereocenters. The first-order valence-corrected chi connectivity index (χ1v) is 20.8. The first kappa shape index (κ1) is 38.1. The van der Waals surface area contributed by atoms with Crippen LogP contribution in [0.4, 0.5) is 8.78 Å². The molecule has 4 aromatic carbocycles. The highest BCUT2D eigenvalue weighted by Crippen LogP contribution is 2.41. The number of piperidine rings is 2. The number of para-hydroxylation sites is 4. The molecule has 58 heavy (non-hydrogen) atoms. The smallest absolute Gasteiger partial charge is 0.223 e. The Morgan fingerprint density at radius 1 is 0.552 bits per heavy atom. The van der Waals surface area contributed by atoms with Gasteiger partial charge >= 0.3 is 0 Å². The quantitative estimate of drug-likeness (QED) is 0.114. The van der Waals surface area contributed by atoms with Gasteiger partial charge in [-0.15, -0.1) is 0 Å². The van der Waals surface area contributed by atoms with Crippen LogP contribution in [0.1, 0.15) is 74.1 Å². The third-order valence-corrected chi connectivity index (χ3v) is 12.9. The second-order valence-corrected chi connectivity index (χ2v) is 16.5. The minimum atomic E-state index is -0.270. The van der Waals surface area contributed by atoms with E-state index >= 15 is 0 Å². The number of aromatic nitrogens is 4. The topological polar surface area (TPSA) is 122 Å². The predicted molar refractivity (Wildman–Crippen MR) is 219 cm³/mol. The Labute approximate surface area is 336 Å². The number of benzene rings is 4. The number of carbonyl (C=O) groups is 2.